The predicted molar refractivity (Wildman–Crippen MR) is 79.4 cm³/mol. The highest BCUT2D eigenvalue weighted by Gasteiger charge is 2.20. The van der Waals surface area contributed by atoms with Crippen molar-refractivity contribution in [1.82, 2.24) is 4.90 Å². The molecule has 0 aliphatic carbocycles. The van der Waals surface area contributed by atoms with E-state index >= 15 is 0 Å². The van der Waals surface area contributed by atoms with Gasteiger partial charge in [-0.3, -0.25) is 4.90 Å². The molecule has 5 heteroatoms. The zero-order chi connectivity index (χ0) is 15.1. The average molecular weight is 278 g/mol. The van der Waals surface area contributed by atoms with Crippen LogP contribution in [0.15, 0.2) is 24.3 Å². The van der Waals surface area contributed by atoms with Crippen LogP contribution in [0.5, 0.6) is 0 Å². The van der Waals surface area contributed by atoms with E-state index in [0.29, 0.717) is 12.2 Å². The molecule has 0 heterocycles. The number of amides is 2. The van der Waals surface area contributed by atoms with Crippen LogP contribution in [0.25, 0.3) is 0 Å². The van der Waals surface area contributed by atoms with Crippen LogP contribution >= 0.6 is 0 Å². The first-order chi connectivity index (χ1) is 9.49. The highest BCUT2D eigenvalue weighted by atomic mass is 16.4. The molecule has 0 spiro atoms. The van der Waals surface area contributed by atoms with E-state index in [1.807, 2.05) is 0 Å². The lowest BCUT2D eigenvalue weighted by Crippen LogP contribution is -2.39. The molecule has 1 N–H and O–H groups in total. The van der Waals surface area contributed by atoms with Crippen molar-refractivity contribution >= 4 is 17.7 Å². The van der Waals surface area contributed by atoms with E-state index in [2.05, 4.69) is 6.92 Å². The number of para-hydroxylation sites is 1. The van der Waals surface area contributed by atoms with Crippen LogP contribution in [0.2, 0.25) is 0 Å². The van der Waals surface area contributed by atoms with Gasteiger partial charge in [0, 0.05) is 20.6 Å². The Morgan fingerprint density at radius 2 is 1.80 bits per heavy atom. The summed E-state index contributed by atoms with van der Waals surface area (Å²) in [6.07, 6.45) is 3.12. The standard InChI is InChI=1S/C15H22N2O3/c1-4-5-8-11-16(2)15(20)17(3)13-10-7-6-9-12(13)14(18)19/h6-7,9-10H,4-5,8,11H2,1-3H3,(H,18,19). The fourth-order valence-electron chi connectivity index (χ4n) is 2.00. The van der Waals surface area contributed by atoms with E-state index in [0.717, 1.165) is 19.3 Å². The minimum Gasteiger partial charge on any atom is -0.478 e. The molecule has 0 fully saturated rings. The second kappa shape index (κ2) is 7.53. The number of aromatic carboxylic acids is 1. The molecule has 1 aromatic rings. The molecule has 0 bridgehead atoms. The van der Waals surface area contributed by atoms with Crippen molar-refractivity contribution in [2.75, 3.05) is 25.5 Å². The first-order valence-electron chi connectivity index (χ1n) is 6.80. The maximum atomic E-state index is 12.3. The number of carboxylic acid groups (broad SMARTS) is 1. The minimum atomic E-state index is -1.03. The summed E-state index contributed by atoms with van der Waals surface area (Å²) >= 11 is 0. The third kappa shape index (κ3) is 3.98. The second-order valence-electron chi connectivity index (χ2n) is 4.79. The van der Waals surface area contributed by atoms with Crippen LogP contribution in [-0.2, 0) is 0 Å². The molecule has 0 radical (unpaired) electrons. The van der Waals surface area contributed by atoms with Gasteiger partial charge in [0.05, 0.1) is 11.3 Å². The highest BCUT2D eigenvalue weighted by Crippen LogP contribution is 2.20. The Kier molecular flexibility index (Phi) is 6.03. The SMILES string of the molecule is CCCCCN(C)C(=O)N(C)c1ccccc1C(=O)O. The summed E-state index contributed by atoms with van der Waals surface area (Å²) < 4.78 is 0. The summed E-state index contributed by atoms with van der Waals surface area (Å²) in [6, 6.07) is 6.31. The lowest BCUT2D eigenvalue weighted by atomic mass is 10.1. The van der Waals surface area contributed by atoms with Gasteiger partial charge in [-0.1, -0.05) is 31.9 Å². The summed E-state index contributed by atoms with van der Waals surface area (Å²) in [7, 11) is 3.33. The average Bonchev–Trinajstić information content (AvgIpc) is 2.45. The summed E-state index contributed by atoms with van der Waals surface area (Å²) in [4.78, 5) is 26.5. The Balaban J connectivity index is 2.81. The quantitative estimate of drug-likeness (QED) is 0.813. The number of unbranched alkanes of at least 4 members (excludes halogenated alkanes) is 2. The molecule has 1 aromatic carbocycles. The number of nitrogens with zero attached hydrogens (tertiary/aromatic N) is 2. The van der Waals surface area contributed by atoms with Crippen LogP contribution in [0, 0.1) is 0 Å². The van der Waals surface area contributed by atoms with Gasteiger partial charge < -0.3 is 10.0 Å². The van der Waals surface area contributed by atoms with Crippen LogP contribution in [0.1, 0.15) is 36.5 Å². The maximum Gasteiger partial charge on any atom is 0.337 e. The molecule has 0 saturated carbocycles. The number of carboxylic acids is 1. The van der Waals surface area contributed by atoms with Crippen molar-refractivity contribution in [3.8, 4) is 0 Å². The van der Waals surface area contributed by atoms with Crippen molar-refractivity contribution in [3.05, 3.63) is 29.8 Å². The predicted octanol–water partition coefficient (Wildman–Crippen LogP) is 3.06. The summed E-state index contributed by atoms with van der Waals surface area (Å²) in [5.41, 5.74) is 0.539. The summed E-state index contributed by atoms with van der Waals surface area (Å²) in [5.74, 6) is -1.03. The van der Waals surface area contributed by atoms with Gasteiger partial charge in [0.2, 0.25) is 0 Å². The fourth-order valence-corrected chi connectivity index (χ4v) is 2.00. The van der Waals surface area contributed by atoms with Crippen molar-refractivity contribution in [2.45, 2.75) is 26.2 Å². The maximum absolute atomic E-state index is 12.3. The van der Waals surface area contributed by atoms with Crippen molar-refractivity contribution < 1.29 is 14.7 Å². The van der Waals surface area contributed by atoms with E-state index in [4.69, 9.17) is 5.11 Å². The van der Waals surface area contributed by atoms with Gasteiger partial charge >= 0.3 is 12.0 Å². The van der Waals surface area contributed by atoms with Crippen LogP contribution in [0.3, 0.4) is 0 Å². The van der Waals surface area contributed by atoms with Crippen molar-refractivity contribution in [2.24, 2.45) is 0 Å². The number of hydrogen-bond donors (Lipinski definition) is 1. The first-order valence-corrected chi connectivity index (χ1v) is 6.80. The number of carbonyl (C=O) groups excluding carboxylic acids is 1. The Bertz CT molecular complexity index is 474. The molecule has 20 heavy (non-hydrogen) atoms. The van der Waals surface area contributed by atoms with Crippen molar-refractivity contribution in [3.63, 3.8) is 0 Å². The highest BCUT2D eigenvalue weighted by molar-refractivity contribution is 6.00. The molecular weight excluding hydrogens is 256 g/mol. The smallest absolute Gasteiger partial charge is 0.337 e. The van der Waals surface area contributed by atoms with E-state index in [-0.39, 0.29) is 11.6 Å². The van der Waals surface area contributed by atoms with Gasteiger partial charge in [0.25, 0.3) is 0 Å². The van der Waals surface area contributed by atoms with Gasteiger partial charge in [-0.25, -0.2) is 9.59 Å². The molecule has 2 amide bonds. The molecular formula is C15H22N2O3. The Labute approximate surface area is 119 Å². The van der Waals surface area contributed by atoms with Gasteiger partial charge in [-0.15, -0.1) is 0 Å². The lowest BCUT2D eigenvalue weighted by Gasteiger charge is -2.26. The van der Waals surface area contributed by atoms with E-state index in [1.54, 1.807) is 37.2 Å². The van der Waals surface area contributed by atoms with E-state index in [9.17, 15) is 9.59 Å². The zero-order valence-electron chi connectivity index (χ0n) is 12.3. The lowest BCUT2D eigenvalue weighted by molar-refractivity contribution is 0.0697. The summed E-state index contributed by atoms with van der Waals surface area (Å²) in [6.45, 7) is 2.78. The van der Waals surface area contributed by atoms with Crippen LogP contribution in [-0.4, -0.2) is 42.6 Å². The number of benzene rings is 1. The number of rotatable bonds is 6. The number of hydrogen-bond acceptors (Lipinski definition) is 2. The summed E-state index contributed by atoms with van der Waals surface area (Å²) in [5, 5.41) is 9.16. The molecule has 0 aliphatic rings. The topological polar surface area (TPSA) is 60.9 Å². The largest absolute Gasteiger partial charge is 0.478 e. The molecule has 0 unspecified atom stereocenters. The van der Waals surface area contributed by atoms with Gasteiger partial charge in [-0.2, -0.15) is 0 Å². The molecule has 0 atom stereocenters. The third-order valence-corrected chi connectivity index (χ3v) is 3.21. The molecule has 5 nitrogen and oxygen atoms in total. The fraction of sp³-hybridized carbons (Fsp3) is 0.467. The number of carbonyl (C=O) groups is 2. The van der Waals surface area contributed by atoms with E-state index in [1.165, 1.54) is 11.0 Å². The molecule has 0 saturated heterocycles. The number of urea groups is 1. The van der Waals surface area contributed by atoms with E-state index < -0.39 is 5.97 Å². The zero-order valence-corrected chi connectivity index (χ0v) is 12.3. The first kappa shape index (κ1) is 16.0. The second-order valence-corrected chi connectivity index (χ2v) is 4.79. The van der Waals surface area contributed by atoms with Gasteiger partial charge in [-0.05, 0) is 18.6 Å². The number of anilines is 1. The minimum absolute atomic E-state index is 0.130. The Morgan fingerprint density at radius 1 is 1.15 bits per heavy atom. The van der Waals surface area contributed by atoms with Crippen molar-refractivity contribution in [1.29, 1.82) is 0 Å². The normalized spacial score (nSPS) is 10.2. The monoisotopic (exact) mass is 278 g/mol. The van der Waals surface area contributed by atoms with Gasteiger partial charge in [0.15, 0.2) is 0 Å². The van der Waals surface area contributed by atoms with Crippen LogP contribution < -0.4 is 4.90 Å². The third-order valence-electron chi connectivity index (χ3n) is 3.21. The Morgan fingerprint density at radius 3 is 2.40 bits per heavy atom. The molecule has 0 aromatic heterocycles. The molecule has 110 valence electrons. The molecule has 1 rings (SSSR count). The van der Waals surface area contributed by atoms with Crippen LogP contribution in [0.4, 0.5) is 10.5 Å². The molecule has 0 aliphatic heterocycles. The van der Waals surface area contributed by atoms with Gasteiger partial charge in [0.1, 0.15) is 0 Å². The Hall–Kier alpha value is -2.04.